The van der Waals surface area contributed by atoms with Gasteiger partial charge in [0.1, 0.15) is 17.4 Å². The Balaban J connectivity index is 1.47. The number of amides is 1. The summed E-state index contributed by atoms with van der Waals surface area (Å²) in [4.78, 5) is 17.9. The van der Waals surface area contributed by atoms with Gasteiger partial charge in [-0.25, -0.2) is 8.78 Å². The standard InChI is InChI=1S/C31H26F2N2O2/c1-19-4-2-5-22(12-19)27-6-3-11-34-31(27)29(15-20-13-24(32)17-25(33)14-20)35-30(37)16-23-8-7-21-9-10-26(36)18-28(21)23/h2-6,8-14,17-18,29,36H,7,15-16H2,1H3,(H,35,37)/t29-/m0/s1. The fourth-order valence-corrected chi connectivity index (χ4v) is 4.90. The molecule has 2 N–H and O–H groups in total. The molecule has 1 atom stereocenters. The molecule has 4 aromatic rings. The lowest BCUT2D eigenvalue weighted by Crippen LogP contribution is -2.31. The number of carbonyl (C=O) groups excluding carboxylic acids is 1. The van der Waals surface area contributed by atoms with Gasteiger partial charge in [-0.05, 0) is 77.9 Å². The van der Waals surface area contributed by atoms with Gasteiger partial charge in [0.25, 0.3) is 0 Å². The molecule has 0 bridgehead atoms. The van der Waals surface area contributed by atoms with Crippen molar-refractivity contribution in [2.75, 3.05) is 0 Å². The molecule has 4 nitrogen and oxygen atoms in total. The number of nitrogens with zero attached hydrogens (tertiary/aromatic N) is 1. The molecule has 1 amide bonds. The maximum atomic E-state index is 14.0. The van der Waals surface area contributed by atoms with Gasteiger partial charge in [-0.1, -0.05) is 48.0 Å². The molecule has 6 heteroatoms. The van der Waals surface area contributed by atoms with Crippen molar-refractivity contribution in [3.63, 3.8) is 0 Å². The summed E-state index contributed by atoms with van der Waals surface area (Å²) >= 11 is 0. The minimum absolute atomic E-state index is 0.108. The molecule has 1 aromatic heterocycles. The number of phenols is 1. The predicted molar refractivity (Wildman–Crippen MR) is 140 cm³/mol. The Bertz CT molecular complexity index is 1490. The largest absolute Gasteiger partial charge is 0.508 e. The third-order valence-electron chi connectivity index (χ3n) is 6.55. The number of fused-ring (bicyclic) bond motifs is 1. The van der Waals surface area contributed by atoms with E-state index in [1.807, 2.05) is 55.5 Å². The van der Waals surface area contributed by atoms with Crippen LogP contribution in [-0.4, -0.2) is 16.0 Å². The minimum Gasteiger partial charge on any atom is -0.508 e. The SMILES string of the molecule is Cc1cccc(-c2cccnc2[C@H](Cc2cc(F)cc(F)c2)NC(=O)CC2=CCc3ccc(O)cc32)c1. The van der Waals surface area contributed by atoms with Crippen LogP contribution in [0.2, 0.25) is 0 Å². The van der Waals surface area contributed by atoms with E-state index in [0.717, 1.165) is 39.5 Å². The highest BCUT2D eigenvalue weighted by atomic mass is 19.1. The van der Waals surface area contributed by atoms with Gasteiger partial charge in [-0.3, -0.25) is 9.78 Å². The number of rotatable bonds is 7. The molecule has 3 aromatic carbocycles. The Kier molecular flexibility index (Phi) is 6.82. The summed E-state index contributed by atoms with van der Waals surface area (Å²) in [5.74, 6) is -1.44. The number of carbonyl (C=O) groups is 1. The van der Waals surface area contributed by atoms with E-state index in [-0.39, 0.29) is 24.5 Å². The summed E-state index contributed by atoms with van der Waals surface area (Å²) < 4.78 is 28.0. The summed E-state index contributed by atoms with van der Waals surface area (Å²) in [6.07, 6.45) is 4.60. The van der Waals surface area contributed by atoms with E-state index in [9.17, 15) is 18.7 Å². The van der Waals surface area contributed by atoms with Crippen LogP contribution in [0.3, 0.4) is 0 Å². The average Bonchev–Trinajstić information content (AvgIpc) is 3.24. The van der Waals surface area contributed by atoms with Crippen LogP contribution in [0, 0.1) is 18.6 Å². The maximum absolute atomic E-state index is 14.0. The molecule has 186 valence electrons. The van der Waals surface area contributed by atoms with E-state index in [4.69, 9.17) is 0 Å². The highest BCUT2D eigenvalue weighted by Crippen LogP contribution is 2.33. The zero-order valence-electron chi connectivity index (χ0n) is 20.3. The Labute approximate surface area is 214 Å². The number of aryl methyl sites for hydroxylation is 1. The second kappa shape index (κ2) is 10.3. The van der Waals surface area contributed by atoms with Crippen molar-refractivity contribution in [3.8, 4) is 16.9 Å². The molecule has 0 radical (unpaired) electrons. The summed E-state index contributed by atoms with van der Waals surface area (Å²) in [6, 6.07) is 19.6. The minimum atomic E-state index is -0.674. The number of hydrogen-bond donors (Lipinski definition) is 2. The van der Waals surface area contributed by atoms with Crippen molar-refractivity contribution in [1.29, 1.82) is 0 Å². The number of aromatic hydroxyl groups is 1. The van der Waals surface area contributed by atoms with Crippen LogP contribution in [-0.2, 0) is 17.6 Å². The van der Waals surface area contributed by atoms with E-state index < -0.39 is 17.7 Å². The number of pyridine rings is 1. The van der Waals surface area contributed by atoms with Crippen LogP contribution in [0.5, 0.6) is 5.75 Å². The average molecular weight is 497 g/mol. The molecule has 0 unspecified atom stereocenters. The van der Waals surface area contributed by atoms with Gasteiger partial charge in [0, 0.05) is 17.8 Å². The molecular weight excluding hydrogens is 470 g/mol. The van der Waals surface area contributed by atoms with Crippen LogP contribution in [0.1, 0.15) is 40.4 Å². The van der Waals surface area contributed by atoms with E-state index in [1.165, 1.54) is 12.1 Å². The van der Waals surface area contributed by atoms with Gasteiger partial charge < -0.3 is 10.4 Å². The molecule has 1 heterocycles. The van der Waals surface area contributed by atoms with Gasteiger partial charge in [-0.15, -0.1) is 0 Å². The lowest BCUT2D eigenvalue weighted by Gasteiger charge is -2.22. The Morgan fingerprint density at radius 2 is 1.81 bits per heavy atom. The van der Waals surface area contributed by atoms with Crippen molar-refractivity contribution in [2.24, 2.45) is 0 Å². The van der Waals surface area contributed by atoms with Crippen molar-refractivity contribution in [3.05, 3.63) is 125 Å². The van der Waals surface area contributed by atoms with E-state index in [0.29, 0.717) is 17.7 Å². The number of hydrogen-bond acceptors (Lipinski definition) is 3. The van der Waals surface area contributed by atoms with Crippen molar-refractivity contribution < 1.29 is 18.7 Å². The zero-order valence-corrected chi connectivity index (χ0v) is 20.3. The first-order valence-electron chi connectivity index (χ1n) is 12.1. The number of phenolic OH excluding ortho intramolecular Hbond substituents is 1. The fourth-order valence-electron chi connectivity index (χ4n) is 4.90. The van der Waals surface area contributed by atoms with Gasteiger partial charge in [0.05, 0.1) is 18.2 Å². The first-order valence-corrected chi connectivity index (χ1v) is 12.1. The van der Waals surface area contributed by atoms with Gasteiger partial charge in [0.15, 0.2) is 0 Å². The van der Waals surface area contributed by atoms with Crippen molar-refractivity contribution >= 4 is 11.5 Å². The molecule has 0 saturated carbocycles. The third-order valence-corrected chi connectivity index (χ3v) is 6.55. The van der Waals surface area contributed by atoms with Crippen molar-refractivity contribution in [1.82, 2.24) is 10.3 Å². The first-order chi connectivity index (χ1) is 17.9. The second-order valence-corrected chi connectivity index (χ2v) is 9.36. The monoisotopic (exact) mass is 496 g/mol. The van der Waals surface area contributed by atoms with Crippen LogP contribution in [0.15, 0.2) is 85.1 Å². The highest BCUT2D eigenvalue weighted by molar-refractivity contribution is 5.91. The lowest BCUT2D eigenvalue weighted by molar-refractivity contribution is -0.120. The number of halogens is 2. The van der Waals surface area contributed by atoms with Crippen LogP contribution >= 0.6 is 0 Å². The van der Waals surface area contributed by atoms with Crippen LogP contribution < -0.4 is 5.32 Å². The summed E-state index contributed by atoms with van der Waals surface area (Å²) in [7, 11) is 0. The summed E-state index contributed by atoms with van der Waals surface area (Å²) in [6.45, 7) is 2.00. The lowest BCUT2D eigenvalue weighted by atomic mass is 9.94. The maximum Gasteiger partial charge on any atom is 0.224 e. The van der Waals surface area contributed by atoms with E-state index in [1.54, 1.807) is 18.3 Å². The van der Waals surface area contributed by atoms with Gasteiger partial charge >= 0.3 is 0 Å². The normalized spacial score (nSPS) is 13.1. The second-order valence-electron chi connectivity index (χ2n) is 9.36. The Morgan fingerprint density at radius 1 is 1.00 bits per heavy atom. The van der Waals surface area contributed by atoms with E-state index in [2.05, 4.69) is 10.3 Å². The molecule has 37 heavy (non-hydrogen) atoms. The molecular formula is C31H26F2N2O2. The van der Waals surface area contributed by atoms with E-state index >= 15 is 0 Å². The van der Waals surface area contributed by atoms with Gasteiger partial charge in [-0.2, -0.15) is 0 Å². The van der Waals surface area contributed by atoms with Crippen molar-refractivity contribution in [2.45, 2.75) is 32.2 Å². The van der Waals surface area contributed by atoms with Crippen LogP contribution in [0.25, 0.3) is 16.7 Å². The summed E-state index contributed by atoms with van der Waals surface area (Å²) in [5, 5.41) is 13.0. The molecule has 0 saturated heterocycles. The molecule has 1 aliphatic rings. The van der Waals surface area contributed by atoms with Gasteiger partial charge in [0.2, 0.25) is 5.91 Å². The zero-order chi connectivity index (χ0) is 25.9. The topological polar surface area (TPSA) is 62.2 Å². The molecule has 0 spiro atoms. The molecule has 0 aliphatic heterocycles. The first kappa shape index (κ1) is 24.4. The number of allylic oxidation sites excluding steroid dienone is 1. The molecule has 5 rings (SSSR count). The smallest absolute Gasteiger partial charge is 0.224 e. The molecule has 0 fully saturated rings. The Morgan fingerprint density at radius 3 is 2.59 bits per heavy atom. The molecule has 1 aliphatic carbocycles. The Hall–Kier alpha value is -4.32. The quantitative estimate of drug-likeness (QED) is 0.308. The number of benzene rings is 3. The number of nitrogens with one attached hydrogen (secondary N) is 1. The highest BCUT2D eigenvalue weighted by Gasteiger charge is 2.23. The predicted octanol–water partition coefficient (Wildman–Crippen LogP) is 6.47. The van der Waals surface area contributed by atoms with Crippen LogP contribution in [0.4, 0.5) is 8.78 Å². The third kappa shape index (κ3) is 5.59. The summed E-state index contributed by atoms with van der Waals surface area (Å²) in [5.41, 5.74) is 6.63. The fraction of sp³-hybridized carbons (Fsp3) is 0.161. The number of aromatic nitrogens is 1.